The molecule has 0 aromatic heterocycles. The Kier molecular flexibility index (Phi) is 5.74. The summed E-state index contributed by atoms with van der Waals surface area (Å²) in [5, 5.41) is 2.84. The second kappa shape index (κ2) is 8.01. The molecule has 0 bridgehead atoms. The summed E-state index contributed by atoms with van der Waals surface area (Å²) >= 11 is 0. The van der Waals surface area contributed by atoms with Gasteiger partial charge in [0.05, 0.1) is 4.90 Å². The fourth-order valence-corrected chi connectivity index (χ4v) is 4.95. The van der Waals surface area contributed by atoms with Crippen LogP contribution in [0.4, 0.5) is 0 Å². The number of hydrogen-bond acceptors (Lipinski definition) is 3. The van der Waals surface area contributed by atoms with Gasteiger partial charge < -0.3 is 5.32 Å². The minimum Gasteiger partial charge on any atom is -0.348 e. The van der Waals surface area contributed by atoms with Gasteiger partial charge in [0, 0.05) is 25.2 Å². The van der Waals surface area contributed by atoms with Gasteiger partial charge in [-0.05, 0) is 43.5 Å². The molecule has 1 amide bonds. The van der Waals surface area contributed by atoms with Crippen LogP contribution in [0.3, 0.4) is 0 Å². The molecule has 0 radical (unpaired) electrons. The average molecular weight is 372 g/mol. The highest BCUT2D eigenvalue weighted by molar-refractivity contribution is 7.89. The molecule has 2 aromatic carbocycles. The maximum atomic E-state index is 13.0. The second-order valence-corrected chi connectivity index (χ2v) is 8.53. The van der Waals surface area contributed by atoms with Gasteiger partial charge in [0.15, 0.2) is 0 Å². The van der Waals surface area contributed by atoms with E-state index in [-0.39, 0.29) is 17.3 Å². The Bertz CT molecular complexity index is 887. The zero-order chi connectivity index (χ0) is 18.6. The molecular weight excluding hydrogens is 348 g/mol. The zero-order valence-corrected chi connectivity index (χ0v) is 15.8. The van der Waals surface area contributed by atoms with Gasteiger partial charge in [-0.15, -0.1) is 0 Å². The van der Waals surface area contributed by atoms with Crippen molar-refractivity contribution in [3.63, 3.8) is 0 Å². The first-order chi connectivity index (χ1) is 12.5. The van der Waals surface area contributed by atoms with Crippen LogP contribution < -0.4 is 5.32 Å². The number of piperidine rings is 1. The molecule has 1 aliphatic heterocycles. The minimum atomic E-state index is -3.53. The first-order valence-corrected chi connectivity index (χ1v) is 10.4. The molecule has 0 aliphatic carbocycles. The molecule has 138 valence electrons. The minimum absolute atomic E-state index is 0.177. The first-order valence-electron chi connectivity index (χ1n) is 8.91. The van der Waals surface area contributed by atoms with Crippen LogP contribution in [-0.2, 0) is 16.6 Å². The number of rotatable bonds is 5. The molecule has 26 heavy (non-hydrogen) atoms. The molecular formula is C20H24N2O3S. The molecule has 3 rings (SSSR count). The number of carbonyl (C=O) groups is 1. The predicted molar refractivity (Wildman–Crippen MR) is 101 cm³/mol. The summed E-state index contributed by atoms with van der Waals surface area (Å²) in [5.41, 5.74) is 2.19. The summed E-state index contributed by atoms with van der Waals surface area (Å²) in [6.07, 6.45) is 2.86. The lowest BCUT2D eigenvalue weighted by molar-refractivity contribution is 0.0950. The van der Waals surface area contributed by atoms with Crippen molar-refractivity contribution in [1.29, 1.82) is 0 Å². The monoisotopic (exact) mass is 372 g/mol. The van der Waals surface area contributed by atoms with Crippen LogP contribution in [-0.4, -0.2) is 31.7 Å². The Hall–Kier alpha value is -2.18. The number of nitrogens with zero attached hydrogens (tertiary/aromatic N) is 1. The average Bonchev–Trinajstić information content (AvgIpc) is 2.67. The van der Waals surface area contributed by atoms with Crippen molar-refractivity contribution >= 4 is 15.9 Å². The van der Waals surface area contributed by atoms with Crippen molar-refractivity contribution in [3.8, 4) is 0 Å². The van der Waals surface area contributed by atoms with Gasteiger partial charge >= 0.3 is 0 Å². The molecule has 1 N–H and O–H groups in total. The van der Waals surface area contributed by atoms with Gasteiger partial charge in [0.25, 0.3) is 5.91 Å². The van der Waals surface area contributed by atoms with Gasteiger partial charge in [0.1, 0.15) is 0 Å². The van der Waals surface area contributed by atoms with Crippen LogP contribution in [0.5, 0.6) is 0 Å². The molecule has 0 unspecified atom stereocenters. The summed E-state index contributed by atoms with van der Waals surface area (Å²) in [4.78, 5) is 12.6. The topological polar surface area (TPSA) is 66.5 Å². The quantitative estimate of drug-likeness (QED) is 0.877. The lowest BCUT2D eigenvalue weighted by Crippen LogP contribution is -2.36. The molecule has 0 saturated carbocycles. The van der Waals surface area contributed by atoms with Crippen molar-refractivity contribution in [3.05, 3.63) is 65.2 Å². The van der Waals surface area contributed by atoms with E-state index < -0.39 is 10.0 Å². The van der Waals surface area contributed by atoms with Gasteiger partial charge in [-0.25, -0.2) is 8.42 Å². The highest BCUT2D eigenvalue weighted by Crippen LogP contribution is 2.23. The number of aryl methyl sites for hydroxylation is 1. The number of benzene rings is 2. The Morgan fingerprint density at radius 1 is 1.04 bits per heavy atom. The fraction of sp³-hybridized carbons (Fsp3) is 0.350. The largest absolute Gasteiger partial charge is 0.348 e. The van der Waals surface area contributed by atoms with Gasteiger partial charge in [-0.1, -0.05) is 42.3 Å². The first kappa shape index (κ1) is 18.6. The molecule has 1 heterocycles. The third-order valence-electron chi connectivity index (χ3n) is 4.63. The number of nitrogens with one attached hydrogen (secondary N) is 1. The normalized spacial score (nSPS) is 15.6. The highest BCUT2D eigenvalue weighted by atomic mass is 32.2. The van der Waals surface area contributed by atoms with Crippen molar-refractivity contribution in [1.82, 2.24) is 9.62 Å². The van der Waals surface area contributed by atoms with Crippen LogP contribution in [0, 0.1) is 6.92 Å². The van der Waals surface area contributed by atoms with Gasteiger partial charge in [-0.2, -0.15) is 4.31 Å². The van der Waals surface area contributed by atoms with Gasteiger partial charge in [-0.3, -0.25) is 4.79 Å². The summed E-state index contributed by atoms with van der Waals surface area (Å²) in [5.74, 6) is -0.209. The number of carbonyl (C=O) groups excluding carboxylic acids is 1. The third-order valence-corrected chi connectivity index (χ3v) is 6.62. The van der Waals surface area contributed by atoms with E-state index in [1.54, 1.807) is 34.6 Å². The van der Waals surface area contributed by atoms with E-state index in [0.29, 0.717) is 24.2 Å². The molecule has 0 atom stereocenters. The van der Waals surface area contributed by atoms with Crippen LogP contribution in [0.1, 0.15) is 40.7 Å². The van der Waals surface area contributed by atoms with E-state index in [2.05, 4.69) is 5.32 Å². The van der Waals surface area contributed by atoms with E-state index in [9.17, 15) is 13.2 Å². The summed E-state index contributed by atoms with van der Waals surface area (Å²) < 4.78 is 27.5. The van der Waals surface area contributed by atoms with Gasteiger partial charge in [0.2, 0.25) is 10.0 Å². The maximum Gasteiger partial charge on any atom is 0.251 e. The zero-order valence-electron chi connectivity index (χ0n) is 14.9. The Morgan fingerprint density at radius 3 is 2.50 bits per heavy atom. The molecule has 1 saturated heterocycles. The number of sulfonamides is 1. The van der Waals surface area contributed by atoms with E-state index >= 15 is 0 Å². The van der Waals surface area contributed by atoms with E-state index in [1.807, 2.05) is 25.1 Å². The number of hydrogen-bond donors (Lipinski definition) is 1. The highest BCUT2D eigenvalue weighted by Gasteiger charge is 2.27. The molecule has 6 heteroatoms. The summed E-state index contributed by atoms with van der Waals surface area (Å²) in [7, 11) is -3.53. The van der Waals surface area contributed by atoms with Crippen LogP contribution in [0.2, 0.25) is 0 Å². The summed E-state index contributed by atoms with van der Waals surface area (Å²) in [6.45, 7) is 3.23. The fourth-order valence-electron chi connectivity index (χ4n) is 3.21. The van der Waals surface area contributed by atoms with E-state index in [1.165, 1.54) is 0 Å². The van der Waals surface area contributed by atoms with Crippen molar-refractivity contribution in [2.24, 2.45) is 0 Å². The van der Waals surface area contributed by atoms with Crippen LogP contribution >= 0.6 is 0 Å². The smallest absolute Gasteiger partial charge is 0.251 e. The molecule has 2 aromatic rings. The maximum absolute atomic E-state index is 13.0. The lowest BCUT2D eigenvalue weighted by Gasteiger charge is -2.26. The van der Waals surface area contributed by atoms with E-state index in [0.717, 1.165) is 24.8 Å². The standard InChI is InChI=1S/C20H24N2O3S/c1-16-8-7-10-17(14-16)20(23)21-15-18-9-3-4-11-19(18)26(24,25)22-12-5-2-6-13-22/h3-4,7-11,14H,2,5-6,12-13,15H2,1H3,(H,21,23). The van der Waals surface area contributed by atoms with Crippen molar-refractivity contribution < 1.29 is 13.2 Å². The third kappa shape index (κ3) is 4.14. The summed E-state index contributed by atoms with van der Waals surface area (Å²) in [6, 6.07) is 14.2. The Labute approximate surface area is 155 Å². The number of amides is 1. The molecule has 5 nitrogen and oxygen atoms in total. The molecule has 0 spiro atoms. The van der Waals surface area contributed by atoms with Crippen LogP contribution in [0.15, 0.2) is 53.4 Å². The predicted octanol–water partition coefficient (Wildman–Crippen LogP) is 3.10. The Balaban J connectivity index is 1.78. The molecule has 1 fully saturated rings. The Morgan fingerprint density at radius 2 is 1.77 bits per heavy atom. The van der Waals surface area contributed by atoms with E-state index in [4.69, 9.17) is 0 Å². The van der Waals surface area contributed by atoms with Crippen LogP contribution in [0.25, 0.3) is 0 Å². The van der Waals surface area contributed by atoms with Crippen molar-refractivity contribution in [2.45, 2.75) is 37.6 Å². The second-order valence-electron chi connectivity index (χ2n) is 6.62. The molecule has 1 aliphatic rings. The SMILES string of the molecule is Cc1cccc(C(=O)NCc2ccccc2S(=O)(=O)N2CCCCC2)c1. The van der Waals surface area contributed by atoms with Crippen molar-refractivity contribution in [2.75, 3.05) is 13.1 Å². The lowest BCUT2D eigenvalue weighted by atomic mass is 10.1.